The van der Waals surface area contributed by atoms with Crippen LogP contribution in [0.4, 0.5) is 11.4 Å². The van der Waals surface area contributed by atoms with Crippen LogP contribution in [0.2, 0.25) is 5.02 Å². The summed E-state index contributed by atoms with van der Waals surface area (Å²) >= 11 is 6.02. The Hall–Kier alpha value is -2.04. The second-order valence-corrected chi connectivity index (χ2v) is 7.24. The molecule has 0 saturated carbocycles. The van der Waals surface area contributed by atoms with Crippen molar-refractivity contribution in [3.63, 3.8) is 0 Å². The van der Waals surface area contributed by atoms with Gasteiger partial charge in [-0.3, -0.25) is 4.79 Å². The maximum Gasteiger partial charge on any atom is 0.238 e. The predicted octanol–water partition coefficient (Wildman–Crippen LogP) is 4.62. The highest BCUT2D eigenvalue weighted by molar-refractivity contribution is 6.30. The third-order valence-electron chi connectivity index (χ3n) is 4.79. The van der Waals surface area contributed by atoms with Crippen LogP contribution in [0.3, 0.4) is 0 Å². The number of anilines is 2. The van der Waals surface area contributed by atoms with E-state index in [1.165, 1.54) is 24.9 Å². The normalized spacial score (nSPS) is 15.5. The Morgan fingerprint density at radius 2 is 1.85 bits per heavy atom. The molecule has 3 rings (SSSR count). The SMILES string of the molecule is C[C@@H](NCC(=O)Nc1ccc(N2CCCCC2)cc1)c1cccc(Cl)c1. The van der Waals surface area contributed by atoms with Crippen molar-refractivity contribution in [1.29, 1.82) is 0 Å². The molecule has 0 spiro atoms. The van der Waals surface area contributed by atoms with Crippen molar-refractivity contribution in [2.45, 2.75) is 32.2 Å². The molecule has 138 valence electrons. The monoisotopic (exact) mass is 371 g/mol. The fraction of sp³-hybridized carbons (Fsp3) is 0.381. The summed E-state index contributed by atoms with van der Waals surface area (Å²) in [5.74, 6) is -0.0513. The van der Waals surface area contributed by atoms with Crippen molar-refractivity contribution < 1.29 is 4.79 Å². The van der Waals surface area contributed by atoms with E-state index in [4.69, 9.17) is 11.6 Å². The second kappa shape index (κ2) is 9.06. The van der Waals surface area contributed by atoms with Gasteiger partial charge in [-0.1, -0.05) is 23.7 Å². The summed E-state index contributed by atoms with van der Waals surface area (Å²) < 4.78 is 0. The third-order valence-corrected chi connectivity index (χ3v) is 5.02. The summed E-state index contributed by atoms with van der Waals surface area (Å²) in [5.41, 5.74) is 3.12. The van der Waals surface area contributed by atoms with Crippen LogP contribution in [-0.2, 0) is 4.79 Å². The molecule has 1 amide bonds. The van der Waals surface area contributed by atoms with E-state index in [0.717, 1.165) is 24.3 Å². The van der Waals surface area contributed by atoms with Crippen LogP contribution in [0.15, 0.2) is 48.5 Å². The number of nitrogens with one attached hydrogen (secondary N) is 2. The van der Waals surface area contributed by atoms with Crippen LogP contribution in [-0.4, -0.2) is 25.5 Å². The van der Waals surface area contributed by atoms with Crippen molar-refractivity contribution in [3.8, 4) is 0 Å². The zero-order valence-electron chi connectivity index (χ0n) is 15.2. The first-order chi connectivity index (χ1) is 12.6. The zero-order chi connectivity index (χ0) is 18.4. The van der Waals surface area contributed by atoms with Gasteiger partial charge in [0.15, 0.2) is 0 Å². The van der Waals surface area contributed by atoms with Crippen LogP contribution >= 0.6 is 11.6 Å². The number of rotatable bonds is 6. The number of piperidine rings is 1. The van der Waals surface area contributed by atoms with Crippen molar-refractivity contribution in [2.75, 3.05) is 29.9 Å². The molecule has 0 aromatic heterocycles. The Labute approximate surface area is 160 Å². The van der Waals surface area contributed by atoms with Crippen molar-refractivity contribution in [3.05, 3.63) is 59.1 Å². The maximum absolute atomic E-state index is 12.2. The highest BCUT2D eigenvalue weighted by Gasteiger charge is 2.11. The van der Waals surface area contributed by atoms with Crippen LogP contribution < -0.4 is 15.5 Å². The first kappa shape index (κ1) is 18.7. The molecular weight excluding hydrogens is 346 g/mol. The van der Waals surface area contributed by atoms with Crippen LogP contribution in [0.5, 0.6) is 0 Å². The number of halogens is 1. The van der Waals surface area contributed by atoms with E-state index in [2.05, 4.69) is 27.7 Å². The second-order valence-electron chi connectivity index (χ2n) is 6.80. The Morgan fingerprint density at radius 1 is 1.12 bits per heavy atom. The highest BCUT2D eigenvalue weighted by Crippen LogP contribution is 2.22. The fourth-order valence-corrected chi connectivity index (χ4v) is 3.45. The smallest absolute Gasteiger partial charge is 0.238 e. The summed E-state index contributed by atoms with van der Waals surface area (Å²) in [7, 11) is 0. The third kappa shape index (κ3) is 5.23. The molecule has 4 nitrogen and oxygen atoms in total. The van der Waals surface area contributed by atoms with Crippen LogP contribution in [0.25, 0.3) is 0 Å². The number of benzene rings is 2. The Kier molecular flexibility index (Phi) is 6.53. The van der Waals surface area contributed by atoms with E-state index in [9.17, 15) is 4.79 Å². The van der Waals surface area contributed by atoms with Gasteiger partial charge in [0, 0.05) is 35.5 Å². The lowest BCUT2D eigenvalue weighted by atomic mass is 10.1. The number of carbonyl (C=O) groups is 1. The quantitative estimate of drug-likeness (QED) is 0.778. The molecule has 0 radical (unpaired) electrons. The summed E-state index contributed by atoms with van der Waals surface area (Å²) in [6.07, 6.45) is 3.84. The van der Waals surface area contributed by atoms with Gasteiger partial charge in [0.05, 0.1) is 6.54 Å². The average Bonchev–Trinajstić information content (AvgIpc) is 2.67. The molecule has 0 unspecified atom stereocenters. The molecule has 2 N–H and O–H groups in total. The first-order valence-corrected chi connectivity index (χ1v) is 9.63. The lowest BCUT2D eigenvalue weighted by Gasteiger charge is -2.28. The van der Waals surface area contributed by atoms with Gasteiger partial charge in [-0.15, -0.1) is 0 Å². The molecule has 1 saturated heterocycles. The molecule has 1 aliphatic heterocycles. The van der Waals surface area contributed by atoms with Gasteiger partial charge >= 0.3 is 0 Å². The number of carbonyl (C=O) groups excluding carboxylic acids is 1. The minimum atomic E-state index is -0.0513. The van der Waals surface area contributed by atoms with Gasteiger partial charge in [-0.25, -0.2) is 0 Å². The predicted molar refractivity (Wildman–Crippen MR) is 109 cm³/mol. The van der Waals surface area contributed by atoms with Gasteiger partial charge in [-0.05, 0) is 68.1 Å². The van der Waals surface area contributed by atoms with Gasteiger partial charge < -0.3 is 15.5 Å². The molecule has 1 aliphatic rings. The largest absolute Gasteiger partial charge is 0.372 e. The number of nitrogens with zero attached hydrogens (tertiary/aromatic N) is 1. The molecule has 26 heavy (non-hydrogen) atoms. The average molecular weight is 372 g/mol. The standard InChI is InChI=1S/C21H26ClN3O/c1-16(17-6-5-7-18(22)14-17)23-15-21(26)24-19-8-10-20(11-9-19)25-12-3-2-4-13-25/h5-11,14,16,23H,2-4,12-13,15H2,1H3,(H,24,26)/t16-/m1/s1. The molecule has 1 heterocycles. The van der Waals surface area contributed by atoms with Gasteiger partial charge in [-0.2, -0.15) is 0 Å². The van der Waals surface area contributed by atoms with Crippen molar-refractivity contribution >= 4 is 28.9 Å². The van der Waals surface area contributed by atoms with E-state index in [-0.39, 0.29) is 18.5 Å². The molecule has 0 bridgehead atoms. The van der Waals surface area contributed by atoms with E-state index >= 15 is 0 Å². The minimum Gasteiger partial charge on any atom is -0.372 e. The van der Waals surface area contributed by atoms with Gasteiger partial charge in [0.25, 0.3) is 0 Å². The fourth-order valence-electron chi connectivity index (χ4n) is 3.25. The van der Waals surface area contributed by atoms with E-state index in [1.807, 2.05) is 43.3 Å². The molecule has 1 fully saturated rings. The summed E-state index contributed by atoms with van der Waals surface area (Å²) in [5, 5.41) is 6.88. The van der Waals surface area contributed by atoms with Gasteiger partial charge in [0.1, 0.15) is 0 Å². The van der Waals surface area contributed by atoms with E-state index < -0.39 is 0 Å². The lowest BCUT2D eigenvalue weighted by Crippen LogP contribution is -2.30. The Morgan fingerprint density at radius 3 is 2.54 bits per heavy atom. The summed E-state index contributed by atoms with van der Waals surface area (Å²) in [6.45, 7) is 4.52. The number of hydrogen-bond donors (Lipinski definition) is 2. The van der Waals surface area contributed by atoms with Crippen molar-refractivity contribution in [1.82, 2.24) is 5.32 Å². The van der Waals surface area contributed by atoms with E-state index in [1.54, 1.807) is 0 Å². The summed E-state index contributed by atoms with van der Waals surface area (Å²) in [4.78, 5) is 14.6. The van der Waals surface area contributed by atoms with Crippen LogP contribution in [0, 0.1) is 0 Å². The van der Waals surface area contributed by atoms with E-state index in [0.29, 0.717) is 5.02 Å². The molecule has 5 heteroatoms. The minimum absolute atomic E-state index is 0.0513. The highest BCUT2D eigenvalue weighted by atomic mass is 35.5. The molecular formula is C21H26ClN3O. The Balaban J connectivity index is 1.48. The van der Waals surface area contributed by atoms with Crippen LogP contribution in [0.1, 0.15) is 37.8 Å². The maximum atomic E-state index is 12.2. The topological polar surface area (TPSA) is 44.4 Å². The Bertz CT molecular complexity index is 726. The first-order valence-electron chi connectivity index (χ1n) is 9.25. The molecule has 2 aromatic carbocycles. The molecule has 1 atom stereocenters. The van der Waals surface area contributed by atoms with Gasteiger partial charge in [0.2, 0.25) is 5.91 Å². The summed E-state index contributed by atoms with van der Waals surface area (Å²) in [6, 6.07) is 15.9. The lowest BCUT2D eigenvalue weighted by molar-refractivity contribution is -0.115. The zero-order valence-corrected chi connectivity index (χ0v) is 15.9. The van der Waals surface area contributed by atoms with Crippen molar-refractivity contribution in [2.24, 2.45) is 0 Å². The molecule has 0 aliphatic carbocycles. The number of amides is 1. The molecule has 2 aromatic rings. The number of hydrogen-bond acceptors (Lipinski definition) is 3.